The van der Waals surface area contributed by atoms with Gasteiger partial charge in [0.2, 0.25) is 5.91 Å². The number of hydrogen-bond acceptors (Lipinski definition) is 10. The van der Waals surface area contributed by atoms with Gasteiger partial charge >= 0.3 is 13.6 Å². The van der Waals surface area contributed by atoms with Crippen LogP contribution in [0.5, 0.6) is 5.75 Å². The molecule has 2 N–H and O–H groups in total. The van der Waals surface area contributed by atoms with Crippen molar-refractivity contribution >= 4 is 31.1 Å². The summed E-state index contributed by atoms with van der Waals surface area (Å²) in [5, 5.41) is 14.2. The third-order valence-electron chi connectivity index (χ3n) is 3.82. The minimum atomic E-state index is -3.36. The van der Waals surface area contributed by atoms with Crippen LogP contribution in [0.25, 0.3) is 0 Å². The molecule has 0 radical (unpaired) electrons. The van der Waals surface area contributed by atoms with E-state index in [1.54, 1.807) is 13.8 Å². The van der Waals surface area contributed by atoms with Gasteiger partial charge in [-0.05, 0) is 38.5 Å². The Morgan fingerprint density at radius 1 is 1.15 bits per heavy atom. The largest absolute Gasteiger partial charge is 0.427 e. The first-order chi connectivity index (χ1) is 15.6. The van der Waals surface area contributed by atoms with Gasteiger partial charge in [-0.15, -0.1) is 10.1 Å². The first-order valence-corrected chi connectivity index (χ1v) is 11.9. The number of anilines is 1. The minimum Gasteiger partial charge on any atom is -0.427 e. The fourth-order valence-corrected chi connectivity index (χ4v) is 4.08. The van der Waals surface area contributed by atoms with Crippen LogP contribution < -0.4 is 15.4 Å². The smallest absolute Gasteiger partial charge is 0.332 e. The van der Waals surface area contributed by atoms with Gasteiger partial charge in [-0.2, -0.15) is 0 Å². The van der Waals surface area contributed by atoms with Crippen LogP contribution in [-0.2, 0) is 28.0 Å². The van der Waals surface area contributed by atoms with E-state index >= 15 is 0 Å². The lowest BCUT2D eigenvalue weighted by molar-refractivity contribution is -0.757. The average molecular weight is 489 g/mol. The Kier molecular flexibility index (Phi) is 12.0. The van der Waals surface area contributed by atoms with Gasteiger partial charge in [0, 0.05) is 19.9 Å². The second kappa shape index (κ2) is 14.2. The molecule has 184 valence electrons. The van der Waals surface area contributed by atoms with Crippen molar-refractivity contribution in [1.29, 1.82) is 0 Å². The third kappa shape index (κ3) is 10.9. The van der Waals surface area contributed by atoms with Gasteiger partial charge in [0.1, 0.15) is 5.75 Å². The molecule has 1 aromatic carbocycles. The fourth-order valence-electron chi connectivity index (χ4n) is 2.57. The number of amides is 2. The van der Waals surface area contributed by atoms with Gasteiger partial charge in [-0.3, -0.25) is 18.9 Å². The zero-order valence-corrected chi connectivity index (χ0v) is 19.6. The van der Waals surface area contributed by atoms with Gasteiger partial charge < -0.3 is 29.3 Å². The van der Waals surface area contributed by atoms with Crippen molar-refractivity contribution in [3.63, 3.8) is 0 Å². The van der Waals surface area contributed by atoms with Crippen LogP contribution >= 0.6 is 7.60 Å². The Labute approximate surface area is 190 Å². The number of benzene rings is 1. The maximum absolute atomic E-state index is 12.7. The standard InChI is InChI=1S/C19H28N3O10P/c1-4-30-33(28,31-5-2)12-10-20-19(25)16-13-15(8-9-17(16)21-14(3)23)32-18(24)7-6-11-29-22(26)27/h8-9,13H,4-7,10-12H2,1-3H3,(H,20,25)(H,21,23). The number of hydrogen-bond donors (Lipinski definition) is 2. The summed E-state index contributed by atoms with van der Waals surface area (Å²) in [6.45, 7) is 4.69. The Morgan fingerprint density at radius 2 is 1.82 bits per heavy atom. The van der Waals surface area contributed by atoms with Gasteiger partial charge in [0.05, 0.1) is 37.2 Å². The van der Waals surface area contributed by atoms with Gasteiger partial charge in [-0.1, -0.05) is 0 Å². The number of rotatable bonds is 15. The molecule has 0 aromatic heterocycles. The van der Waals surface area contributed by atoms with Crippen LogP contribution in [0.2, 0.25) is 0 Å². The number of esters is 1. The van der Waals surface area contributed by atoms with E-state index in [4.69, 9.17) is 13.8 Å². The Hall–Kier alpha value is -3.02. The van der Waals surface area contributed by atoms with E-state index in [0.29, 0.717) is 0 Å². The molecule has 0 unspecified atom stereocenters. The predicted octanol–water partition coefficient (Wildman–Crippen LogP) is 2.53. The number of carbonyl (C=O) groups is 3. The van der Waals surface area contributed by atoms with Crippen molar-refractivity contribution in [2.45, 2.75) is 33.6 Å². The average Bonchev–Trinajstić information content (AvgIpc) is 2.72. The SMILES string of the molecule is CCOP(=O)(CCNC(=O)c1cc(OC(=O)CCCO[N+](=O)[O-])ccc1NC(C)=O)OCC. The second-order valence-electron chi connectivity index (χ2n) is 6.45. The molecule has 0 spiro atoms. The fraction of sp³-hybridized carbons (Fsp3) is 0.526. The van der Waals surface area contributed by atoms with Gasteiger partial charge in [0.15, 0.2) is 0 Å². The predicted molar refractivity (Wildman–Crippen MR) is 117 cm³/mol. The molecule has 0 atom stereocenters. The molecular weight excluding hydrogens is 461 g/mol. The summed E-state index contributed by atoms with van der Waals surface area (Å²) in [5.41, 5.74) is 0.187. The quantitative estimate of drug-likeness (QED) is 0.0931. The van der Waals surface area contributed by atoms with E-state index in [2.05, 4.69) is 15.5 Å². The molecule has 0 saturated carbocycles. The topological polar surface area (TPSA) is 172 Å². The molecule has 0 heterocycles. The zero-order valence-electron chi connectivity index (χ0n) is 18.7. The minimum absolute atomic E-state index is 0.00911. The van der Waals surface area contributed by atoms with Crippen molar-refractivity contribution in [2.24, 2.45) is 0 Å². The molecule has 0 fully saturated rings. The zero-order chi connectivity index (χ0) is 24.9. The number of carbonyl (C=O) groups excluding carboxylic acids is 3. The van der Waals surface area contributed by atoms with Crippen molar-refractivity contribution in [2.75, 3.05) is 37.8 Å². The lowest BCUT2D eigenvalue weighted by atomic mass is 10.1. The van der Waals surface area contributed by atoms with E-state index < -0.39 is 30.5 Å². The van der Waals surface area contributed by atoms with E-state index in [0.717, 1.165) is 0 Å². The van der Waals surface area contributed by atoms with Crippen LogP contribution in [0.4, 0.5) is 5.69 Å². The molecule has 0 aliphatic rings. The monoisotopic (exact) mass is 489 g/mol. The molecular formula is C19H28N3O10P. The lowest BCUT2D eigenvalue weighted by Gasteiger charge is -2.17. The van der Waals surface area contributed by atoms with Crippen LogP contribution in [0, 0.1) is 10.1 Å². The summed E-state index contributed by atoms with van der Waals surface area (Å²) < 4.78 is 28.0. The Morgan fingerprint density at radius 3 is 2.39 bits per heavy atom. The summed E-state index contributed by atoms with van der Waals surface area (Å²) in [5.74, 6) is -1.69. The van der Waals surface area contributed by atoms with Crippen LogP contribution in [0.1, 0.15) is 44.0 Å². The first-order valence-electron chi connectivity index (χ1n) is 10.2. The van der Waals surface area contributed by atoms with Crippen molar-refractivity contribution in [1.82, 2.24) is 5.32 Å². The summed E-state index contributed by atoms with van der Waals surface area (Å²) >= 11 is 0. The van der Waals surface area contributed by atoms with Gasteiger partial charge in [0.25, 0.3) is 11.0 Å². The maximum atomic E-state index is 12.7. The molecule has 1 rings (SSSR count). The molecule has 14 heteroatoms. The lowest BCUT2D eigenvalue weighted by Crippen LogP contribution is -2.28. The molecule has 2 amide bonds. The Balaban J connectivity index is 2.85. The molecule has 13 nitrogen and oxygen atoms in total. The van der Waals surface area contributed by atoms with E-state index in [-0.39, 0.29) is 62.4 Å². The molecule has 0 saturated heterocycles. The molecule has 33 heavy (non-hydrogen) atoms. The van der Waals surface area contributed by atoms with Gasteiger partial charge in [-0.25, -0.2) is 0 Å². The highest BCUT2D eigenvalue weighted by Gasteiger charge is 2.24. The van der Waals surface area contributed by atoms with E-state index in [1.165, 1.54) is 25.1 Å². The summed E-state index contributed by atoms with van der Waals surface area (Å²) in [7, 11) is -3.36. The number of ether oxygens (including phenoxy) is 1. The van der Waals surface area contributed by atoms with Crippen molar-refractivity contribution in [3.05, 3.63) is 33.9 Å². The maximum Gasteiger partial charge on any atom is 0.332 e. The third-order valence-corrected chi connectivity index (χ3v) is 5.90. The highest BCUT2D eigenvalue weighted by Crippen LogP contribution is 2.47. The van der Waals surface area contributed by atoms with E-state index in [9.17, 15) is 29.1 Å². The van der Waals surface area contributed by atoms with E-state index in [1.807, 2.05) is 0 Å². The highest BCUT2D eigenvalue weighted by atomic mass is 31.2. The molecule has 0 bridgehead atoms. The van der Waals surface area contributed by atoms with Crippen LogP contribution in [-0.4, -0.2) is 55.4 Å². The molecule has 0 aliphatic carbocycles. The first kappa shape index (κ1) is 28.0. The number of nitrogens with zero attached hydrogens (tertiary/aromatic N) is 1. The summed E-state index contributed by atoms with van der Waals surface area (Å²) in [4.78, 5) is 50.3. The summed E-state index contributed by atoms with van der Waals surface area (Å²) in [6.07, 6.45) is -0.138. The molecule has 0 aliphatic heterocycles. The van der Waals surface area contributed by atoms with Crippen molar-refractivity contribution in [3.8, 4) is 5.75 Å². The summed E-state index contributed by atoms with van der Waals surface area (Å²) in [6, 6.07) is 4.03. The Bertz CT molecular complexity index is 883. The number of nitrogens with one attached hydrogen (secondary N) is 2. The second-order valence-corrected chi connectivity index (χ2v) is 8.63. The van der Waals surface area contributed by atoms with Crippen molar-refractivity contribution < 1.29 is 42.7 Å². The molecule has 1 aromatic rings. The normalized spacial score (nSPS) is 10.9. The van der Waals surface area contributed by atoms with Crippen LogP contribution in [0.3, 0.4) is 0 Å². The highest BCUT2D eigenvalue weighted by molar-refractivity contribution is 7.53. The van der Waals surface area contributed by atoms with Crippen LogP contribution in [0.15, 0.2) is 18.2 Å².